The molecule has 1 unspecified atom stereocenters. The minimum absolute atomic E-state index is 0.127. The molecule has 2 N–H and O–H groups in total. The molecule has 1 atom stereocenters. The van der Waals surface area contributed by atoms with Crippen LogP contribution in [0.2, 0.25) is 0 Å². The Labute approximate surface area is 109 Å². The van der Waals surface area contributed by atoms with Crippen molar-refractivity contribution in [2.24, 2.45) is 0 Å². The Balaban J connectivity index is 2.41. The van der Waals surface area contributed by atoms with Crippen LogP contribution in [0.5, 0.6) is 5.75 Å². The summed E-state index contributed by atoms with van der Waals surface area (Å²) in [4.78, 5) is 0. The summed E-state index contributed by atoms with van der Waals surface area (Å²) < 4.78 is 19.0. The number of nitrogens with one attached hydrogen (secondary N) is 1. The van der Waals surface area contributed by atoms with Gasteiger partial charge in [0.15, 0.2) is 0 Å². The van der Waals surface area contributed by atoms with E-state index in [1.165, 1.54) is 12.1 Å². The van der Waals surface area contributed by atoms with Gasteiger partial charge < -0.3 is 15.2 Å². The van der Waals surface area contributed by atoms with Crippen molar-refractivity contribution >= 4 is 15.9 Å². The summed E-state index contributed by atoms with van der Waals surface area (Å²) in [6.07, 6.45) is -0.618. The second kappa shape index (κ2) is 6.93. The van der Waals surface area contributed by atoms with Gasteiger partial charge in [0.05, 0.1) is 4.47 Å². The molecule has 0 saturated carbocycles. The highest BCUT2D eigenvalue weighted by Crippen LogP contribution is 2.25. The molecule has 17 heavy (non-hydrogen) atoms. The molecular weight excluding hydrogens is 289 g/mol. The Hall–Kier alpha value is -0.650. The highest BCUT2D eigenvalue weighted by molar-refractivity contribution is 9.10. The number of aliphatic hydroxyl groups is 1. The molecule has 1 rings (SSSR count). The number of rotatable bonds is 6. The van der Waals surface area contributed by atoms with Gasteiger partial charge in [-0.05, 0) is 28.1 Å². The second-order valence-electron chi connectivity index (χ2n) is 4.10. The van der Waals surface area contributed by atoms with Crippen LogP contribution < -0.4 is 10.1 Å². The van der Waals surface area contributed by atoms with Gasteiger partial charge in [0.25, 0.3) is 0 Å². The molecule has 3 nitrogen and oxygen atoms in total. The molecule has 0 aliphatic carbocycles. The average molecular weight is 306 g/mol. The number of hydrogen-bond acceptors (Lipinski definition) is 3. The predicted molar refractivity (Wildman–Crippen MR) is 68.7 cm³/mol. The predicted octanol–water partition coefficient (Wildman–Crippen LogP) is 2.33. The lowest BCUT2D eigenvalue weighted by atomic mass is 10.3. The Morgan fingerprint density at radius 2 is 2.18 bits per heavy atom. The largest absolute Gasteiger partial charge is 0.490 e. The van der Waals surface area contributed by atoms with Crippen molar-refractivity contribution in [2.75, 3.05) is 13.2 Å². The van der Waals surface area contributed by atoms with E-state index in [-0.39, 0.29) is 12.4 Å². The Morgan fingerprint density at radius 3 is 2.82 bits per heavy atom. The van der Waals surface area contributed by atoms with Gasteiger partial charge in [-0.3, -0.25) is 0 Å². The van der Waals surface area contributed by atoms with Gasteiger partial charge in [-0.25, -0.2) is 4.39 Å². The van der Waals surface area contributed by atoms with Gasteiger partial charge in [-0.1, -0.05) is 13.8 Å². The molecular formula is C12H17BrFNO2. The minimum Gasteiger partial charge on any atom is -0.490 e. The first-order valence-electron chi connectivity index (χ1n) is 5.48. The standard InChI is InChI=1S/C12H17BrFNO2/c1-8(2)15-6-10(16)7-17-12-5-9(14)3-4-11(12)13/h3-5,8,10,15-16H,6-7H2,1-2H3. The van der Waals surface area contributed by atoms with Crippen molar-refractivity contribution in [1.82, 2.24) is 5.32 Å². The summed E-state index contributed by atoms with van der Waals surface area (Å²) in [5.41, 5.74) is 0. The molecule has 0 saturated heterocycles. The van der Waals surface area contributed by atoms with Gasteiger partial charge in [0.1, 0.15) is 24.3 Å². The number of ether oxygens (including phenoxy) is 1. The fourth-order valence-corrected chi connectivity index (χ4v) is 1.57. The van der Waals surface area contributed by atoms with Crippen LogP contribution in [-0.4, -0.2) is 30.4 Å². The van der Waals surface area contributed by atoms with Gasteiger partial charge in [0, 0.05) is 18.7 Å². The molecule has 0 aromatic heterocycles. The third-order valence-electron chi connectivity index (χ3n) is 2.09. The Morgan fingerprint density at radius 1 is 1.47 bits per heavy atom. The fraction of sp³-hybridized carbons (Fsp3) is 0.500. The van der Waals surface area contributed by atoms with E-state index in [1.54, 1.807) is 6.07 Å². The average Bonchev–Trinajstić information content (AvgIpc) is 2.27. The molecule has 0 heterocycles. The first-order chi connectivity index (χ1) is 7.99. The van der Waals surface area contributed by atoms with Crippen LogP contribution >= 0.6 is 15.9 Å². The fourth-order valence-electron chi connectivity index (χ4n) is 1.20. The molecule has 0 amide bonds. The lowest BCUT2D eigenvalue weighted by Crippen LogP contribution is -2.35. The van der Waals surface area contributed by atoms with Crippen molar-refractivity contribution in [3.63, 3.8) is 0 Å². The number of hydrogen-bond donors (Lipinski definition) is 2. The normalized spacial score (nSPS) is 12.8. The first-order valence-corrected chi connectivity index (χ1v) is 6.27. The van der Waals surface area contributed by atoms with E-state index in [0.717, 1.165) is 0 Å². The molecule has 0 radical (unpaired) electrons. The smallest absolute Gasteiger partial charge is 0.136 e. The van der Waals surface area contributed by atoms with Crippen LogP contribution in [-0.2, 0) is 0 Å². The summed E-state index contributed by atoms with van der Waals surface area (Å²) in [6, 6.07) is 4.51. The third-order valence-corrected chi connectivity index (χ3v) is 2.74. The van der Waals surface area contributed by atoms with Crippen LogP contribution in [0, 0.1) is 5.82 Å². The van der Waals surface area contributed by atoms with Crippen LogP contribution in [0.25, 0.3) is 0 Å². The van der Waals surface area contributed by atoms with Crippen molar-refractivity contribution < 1.29 is 14.2 Å². The maximum atomic E-state index is 12.9. The molecule has 0 fully saturated rings. The van der Waals surface area contributed by atoms with Gasteiger partial charge in [0.2, 0.25) is 0 Å². The number of halogens is 2. The summed E-state index contributed by atoms with van der Waals surface area (Å²) in [5.74, 6) is 0.0339. The Bertz CT molecular complexity index is 360. The molecule has 0 aliphatic heterocycles. The monoisotopic (exact) mass is 305 g/mol. The maximum absolute atomic E-state index is 12.9. The van der Waals surface area contributed by atoms with Crippen LogP contribution in [0.15, 0.2) is 22.7 Å². The lowest BCUT2D eigenvalue weighted by molar-refractivity contribution is 0.104. The van der Waals surface area contributed by atoms with E-state index in [1.807, 2.05) is 13.8 Å². The van der Waals surface area contributed by atoms with Gasteiger partial charge >= 0.3 is 0 Å². The van der Waals surface area contributed by atoms with E-state index in [2.05, 4.69) is 21.2 Å². The molecule has 1 aromatic carbocycles. The van der Waals surface area contributed by atoms with Gasteiger partial charge in [-0.2, -0.15) is 0 Å². The van der Waals surface area contributed by atoms with E-state index in [4.69, 9.17) is 4.74 Å². The Kier molecular flexibility index (Phi) is 5.88. The number of benzene rings is 1. The van der Waals surface area contributed by atoms with Crippen molar-refractivity contribution in [3.05, 3.63) is 28.5 Å². The maximum Gasteiger partial charge on any atom is 0.136 e. The van der Waals surface area contributed by atoms with Crippen molar-refractivity contribution in [2.45, 2.75) is 26.0 Å². The highest BCUT2D eigenvalue weighted by Gasteiger charge is 2.08. The van der Waals surface area contributed by atoms with Gasteiger partial charge in [-0.15, -0.1) is 0 Å². The molecule has 0 spiro atoms. The van der Waals surface area contributed by atoms with Crippen molar-refractivity contribution in [3.8, 4) is 5.75 Å². The number of aliphatic hydroxyl groups excluding tert-OH is 1. The van der Waals surface area contributed by atoms with Crippen LogP contribution in [0.4, 0.5) is 4.39 Å². The zero-order chi connectivity index (χ0) is 12.8. The molecule has 5 heteroatoms. The second-order valence-corrected chi connectivity index (χ2v) is 4.96. The summed E-state index contributed by atoms with van der Waals surface area (Å²) in [7, 11) is 0. The lowest BCUT2D eigenvalue weighted by Gasteiger charge is -2.15. The highest BCUT2D eigenvalue weighted by atomic mass is 79.9. The molecule has 1 aromatic rings. The zero-order valence-corrected chi connectivity index (χ0v) is 11.5. The summed E-state index contributed by atoms with van der Waals surface area (Å²) in [5, 5.41) is 12.7. The van der Waals surface area contributed by atoms with E-state index < -0.39 is 6.10 Å². The molecule has 96 valence electrons. The quantitative estimate of drug-likeness (QED) is 0.847. The summed E-state index contributed by atoms with van der Waals surface area (Å²) >= 11 is 3.25. The zero-order valence-electron chi connectivity index (χ0n) is 9.91. The van der Waals surface area contributed by atoms with Crippen molar-refractivity contribution in [1.29, 1.82) is 0 Å². The van der Waals surface area contributed by atoms with E-state index in [9.17, 15) is 9.50 Å². The topological polar surface area (TPSA) is 41.5 Å². The SMILES string of the molecule is CC(C)NCC(O)COc1cc(F)ccc1Br. The third kappa shape index (κ3) is 5.48. The molecule has 0 aliphatic rings. The van der Waals surface area contributed by atoms with Crippen LogP contribution in [0.1, 0.15) is 13.8 Å². The van der Waals surface area contributed by atoms with Crippen LogP contribution in [0.3, 0.4) is 0 Å². The van der Waals surface area contributed by atoms with E-state index >= 15 is 0 Å². The van der Waals surface area contributed by atoms with E-state index in [0.29, 0.717) is 22.8 Å². The summed E-state index contributed by atoms with van der Waals surface area (Å²) in [6.45, 7) is 4.57. The molecule has 0 bridgehead atoms. The minimum atomic E-state index is -0.618. The first kappa shape index (κ1) is 14.4.